The van der Waals surface area contributed by atoms with Crippen LogP contribution in [0.1, 0.15) is 11.3 Å². The van der Waals surface area contributed by atoms with Crippen LogP contribution in [0.25, 0.3) is 21.3 Å². The second-order valence-corrected chi connectivity index (χ2v) is 8.87. The van der Waals surface area contributed by atoms with E-state index >= 15 is 0 Å². The molecule has 0 fully saturated rings. The Hall–Kier alpha value is -4.05. The molecule has 34 heavy (non-hydrogen) atoms. The molecule has 0 saturated heterocycles. The van der Waals surface area contributed by atoms with Crippen molar-refractivity contribution < 1.29 is 14.0 Å². The molecule has 0 saturated carbocycles. The summed E-state index contributed by atoms with van der Waals surface area (Å²) < 4.78 is 13.0. The zero-order chi connectivity index (χ0) is 24.2. The predicted molar refractivity (Wildman–Crippen MR) is 133 cm³/mol. The molecule has 2 aromatic carbocycles. The van der Waals surface area contributed by atoms with Crippen molar-refractivity contribution in [3.8, 4) is 11.1 Å². The Kier molecular flexibility index (Phi) is 6.69. The van der Waals surface area contributed by atoms with E-state index in [1.807, 2.05) is 12.1 Å². The van der Waals surface area contributed by atoms with Crippen molar-refractivity contribution in [2.75, 3.05) is 30.5 Å². The molecular formula is C24H23FN6O2S. The number of thiophene rings is 1. The van der Waals surface area contributed by atoms with Gasteiger partial charge in [0.1, 0.15) is 22.8 Å². The number of benzene rings is 2. The number of amides is 3. The summed E-state index contributed by atoms with van der Waals surface area (Å²) in [5.74, 6) is 0.0375. The van der Waals surface area contributed by atoms with Gasteiger partial charge in [-0.25, -0.2) is 19.2 Å². The standard InChI is InChI=1S/C24H23FN6O2S/c1-31(2)19(32)12-11-18-20(21-22(26)27-13-28-23(21)34-18)14-3-7-16(8-4-14)29-24(33)30-17-9-5-15(25)6-10-17/h3-10,13H,11-12H2,1-2H3,(H2,26,27,28)(H2,29,30,33). The third kappa shape index (κ3) is 5.12. The molecule has 0 aliphatic rings. The Morgan fingerprint density at radius 1 is 1.00 bits per heavy atom. The number of carbonyl (C=O) groups is 2. The van der Waals surface area contributed by atoms with Gasteiger partial charge >= 0.3 is 6.03 Å². The largest absolute Gasteiger partial charge is 0.383 e. The highest BCUT2D eigenvalue weighted by molar-refractivity contribution is 7.19. The molecule has 2 heterocycles. The number of nitrogen functional groups attached to an aromatic ring is 1. The van der Waals surface area contributed by atoms with Crippen molar-refractivity contribution in [3.63, 3.8) is 0 Å². The average Bonchev–Trinajstić information content (AvgIpc) is 3.19. The Morgan fingerprint density at radius 2 is 1.62 bits per heavy atom. The van der Waals surface area contributed by atoms with E-state index in [4.69, 9.17) is 5.73 Å². The van der Waals surface area contributed by atoms with Gasteiger partial charge in [-0.2, -0.15) is 0 Å². The van der Waals surface area contributed by atoms with Crippen LogP contribution in [0.5, 0.6) is 0 Å². The van der Waals surface area contributed by atoms with Crippen LogP contribution in [0.15, 0.2) is 54.9 Å². The smallest absolute Gasteiger partial charge is 0.323 e. The summed E-state index contributed by atoms with van der Waals surface area (Å²) in [5.41, 5.74) is 9.02. The van der Waals surface area contributed by atoms with Gasteiger partial charge in [0.15, 0.2) is 0 Å². The summed E-state index contributed by atoms with van der Waals surface area (Å²) in [6.45, 7) is 0. The Bertz CT molecular complexity index is 1340. The summed E-state index contributed by atoms with van der Waals surface area (Å²) in [7, 11) is 3.46. The highest BCUT2D eigenvalue weighted by Gasteiger charge is 2.19. The lowest BCUT2D eigenvalue weighted by atomic mass is 10.0. The Morgan fingerprint density at radius 3 is 2.24 bits per heavy atom. The monoisotopic (exact) mass is 478 g/mol. The van der Waals surface area contributed by atoms with Crippen molar-refractivity contribution in [3.05, 3.63) is 65.6 Å². The van der Waals surface area contributed by atoms with Crippen LogP contribution in [0, 0.1) is 5.82 Å². The number of carbonyl (C=O) groups excluding carboxylic acids is 2. The van der Waals surface area contributed by atoms with Crippen molar-refractivity contribution in [2.24, 2.45) is 0 Å². The van der Waals surface area contributed by atoms with Crippen molar-refractivity contribution in [1.29, 1.82) is 0 Å². The molecular weight excluding hydrogens is 455 g/mol. The molecule has 174 valence electrons. The van der Waals surface area contributed by atoms with E-state index in [1.165, 1.54) is 41.9 Å². The second kappa shape index (κ2) is 9.84. The van der Waals surface area contributed by atoms with Gasteiger partial charge in [0.25, 0.3) is 0 Å². The zero-order valence-corrected chi connectivity index (χ0v) is 19.4. The number of aromatic nitrogens is 2. The molecule has 10 heteroatoms. The van der Waals surface area contributed by atoms with E-state index in [-0.39, 0.29) is 11.7 Å². The van der Waals surface area contributed by atoms with Crippen LogP contribution in [0.4, 0.5) is 26.4 Å². The van der Waals surface area contributed by atoms with E-state index in [0.717, 1.165) is 26.2 Å². The third-order valence-electron chi connectivity index (χ3n) is 5.19. The van der Waals surface area contributed by atoms with Gasteiger partial charge in [-0.3, -0.25) is 4.79 Å². The van der Waals surface area contributed by atoms with Crippen molar-refractivity contribution in [1.82, 2.24) is 14.9 Å². The second-order valence-electron chi connectivity index (χ2n) is 7.79. The van der Waals surface area contributed by atoms with E-state index < -0.39 is 6.03 Å². The van der Waals surface area contributed by atoms with Crippen LogP contribution in [-0.2, 0) is 11.2 Å². The molecule has 0 aliphatic carbocycles. The summed E-state index contributed by atoms with van der Waals surface area (Å²) in [5, 5.41) is 6.16. The molecule has 0 radical (unpaired) electrons. The average molecular weight is 479 g/mol. The number of urea groups is 1. The first-order valence-corrected chi connectivity index (χ1v) is 11.3. The highest BCUT2D eigenvalue weighted by Crippen LogP contribution is 2.41. The fourth-order valence-electron chi connectivity index (χ4n) is 3.47. The molecule has 0 aliphatic heterocycles. The fraction of sp³-hybridized carbons (Fsp3) is 0.167. The maximum Gasteiger partial charge on any atom is 0.323 e. The number of aryl methyl sites for hydroxylation is 1. The summed E-state index contributed by atoms with van der Waals surface area (Å²) >= 11 is 1.50. The molecule has 0 unspecified atom stereocenters. The Balaban J connectivity index is 1.57. The van der Waals surface area contributed by atoms with Gasteiger partial charge in [-0.05, 0) is 48.4 Å². The zero-order valence-electron chi connectivity index (χ0n) is 18.6. The first-order valence-electron chi connectivity index (χ1n) is 10.5. The fourth-order valence-corrected chi connectivity index (χ4v) is 4.64. The minimum absolute atomic E-state index is 0.0363. The lowest BCUT2D eigenvalue weighted by molar-refractivity contribution is -0.128. The van der Waals surface area contributed by atoms with Gasteiger partial charge < -0.3 is 21.3 Å². The molecule has 4 rings (SSSR count). The quantitative estimate of drug-likeness (QED) is 0.370. The first kappa shape index (κ1) is 23.1. The number of hydrogen-bond donors (Lipinski definition) is 3. The summed E-state index contributed by atoms with van der Waals surface area (Å²) in [4.78, 5) is 36.2. The maximum atomic E-state index is 13.0. The number of halogens is 1. The van der Waals surface area contributed by atoms with Crippen molar-refractivity contribution >= 4 is 50.7 Å². The predicted octanol–water partition coefficient (Wildman–Crippen LogP) is 4.74. The van der Waals surface area contributed by atoms with E-state index in [9.17, 15) is 14.0 Å². The lowest BCUT2D eigenvalue weighted by Crippen LogP contribution is -2.21. The molecule has 0 bridgehead atoms. The van der Waals surface area contributed by atoms with Gasteiger partial charge in [0.2, 0.25) is 5.91 Å². The maximum absolute atomic E-state index is 13.0. The first-order chi connectivity index (χ1) is 16.3. The van der Waals surface area contributed by atoms with Crippen LogP contribution in [0.3, 0.4) is 0 Å². The molecule has 8 nitrogen and oxygen atoms in total. The van der Waals surface area contributed by atoms with Gasteiger partial charge in [0, 0.05) is 42.3 Å². The number of fused-ring (bicyclic) bond motifs is 1. The lowest BCUT2D eigenvalue weighted by Gasteiger charge is -2.11. The molecule has 0 spiro atoms. The Labute approximate surface area is 199 Å². The minimum Gasteiger partial charge on any atom is -0.383 e. The van der Waals surface area contributed by atoms with E-state index in [1.54, 1.807) is 31.1 Å². The topological polar surface area (TPSA) is 113 Å². The van der Waals surface area contributed by atoms with Crippen molar-refractivity contribution in [2.45, 2.75) is 12.8 Å². The number of anilines is 3. The van der Waals surface area contributed by atoms with Gasteiger partial charge in [-0.15, -0.1) is 11.3 Å². The number of nitrogens with two attached hydrogens (primary N) is 1. The molecule has 0 atom stereocenters. The number of nitrogens with one attached hydrogen (secondary N) is 2. The summed E-state index contributed by atoms with van der Waals surface area (Å²) in [6.07, 6.45) is 2.34. The SMILES string of the molecule is CN(C)C(=O)CCc1sc2ncnc(N)c2c1-c1ccc(NC(=O)Nc2ccc(F)cc2)cc1. The van der Waals surface area contributed by atoms with Gasteiger partial charge in [-0.1, -0.05) is 12.1 Å². The van der Waals surface area contributed by atoms with Crippen LogP contribution < -0.4 is 16.4 Å². The number of nitrogens with zero attached hydrogens (tertiary/aromatic N) is 3. The highest BCUT2D eigenvalue weighted by atomic mass is 32.1. The number of rotatable bonds is 6. The minimum atomic E-state index is -0.444. The normalized spacial score (nSPS) is 10.8. The van der Waals surface area contributed by atoms with Crippen LogP contribution in [0.2, 0.25) is 0 Å². The third-order valence-corrected chi connectivity index (χ3v) is 6.35. The number of hydrogen-bond acceptors (Lipinski definition) is 6. The van der Waals surface area contributed by atoms with Gasteiger partial charge in [0.05, 0.1) is 5.39 Å². The van der Waals surface area contributed by atoms with E-state index in [2.05, 4.69) is 20.6 Å². The molecule has 2 aromatic heterocycles. The summed E-state index contributed by atoms with van der Waals surface area (Å²) in [6, 6.07) is 12.4. The molecule has 3 amide bonds. The van der Waals surface area contributed by atoms with Crippen LogP contribution in [-0.4, -0.2) is 40.9 Å². The molecule has 4 aromatic rings. The van der Waals surface area contributed by atoms with E-state index in [0.29, 0.717) is 30.0 Å². The molecule has 4 N–H and O–H groups in total. The van der Waals surface area contributed by atoms with Crippen LogP contribution >= 0.6 is 11.3 Å².